The molecule has 2 aliphatic carbocycles. The van der Waals surface area contributed by atoms with Gasteiger partial charge in [0.25, 0.3) is 0 Å². The molecule has 0 aromatic rings. The van der Waals surface area contributed by atoms with E-state index < -0.39 is 0 Å². The van der Waals surface area contributed by atoms with E-state index in [9.17, 15) is 0 Å². The minimum absolute atomic E-state index is 0.337. The molecular formula is C13H16O3S. The Morgan fingerprint density at radius 2 is 1.41 bits per heavy atom. The molecule has 2 bridgehead atoms. The molecule has 4 heterocycles. The van der Waals surface area contributed by atoms with Crippen molar-refractivity contribution < 1.29 is 14.2 Å². The van der Waals surface area contributed by atoms with Crippen LogP contribution in [0.1, 0.15) is 26.7 Å². The number of hydrogen-bond acceptors (Lipinski definition) is 4. The molecule has 4 aliphatic heterocycles. The molecule has 6 fully saturated rings. The summed E-state index contributed by atoms with van der Waals surface area (Å²) in [5.41, 5.74) is 1.25. The van der Waals surface area contributed by atoms with Gasteiger partial charge in [-0.15, -0.1) is 0 Å². The molecule has 0 aromatic carbocycles. The summed E-state index contributed by atoms with van der Waals surface area (Å²) >= 11 is 1.94. The fraction of sp³-hybridized carbons (Fsp3) is 1.00. The maximum Gasteiger partial charge on any atom is 0.174 e. The lowest BCUT2D eigenvalue weighted by molar-refractivity contribution is -0.304. The van der Waals surface area contributed by atoms with Crippen LogP contribution in [0.3, 0.4) is 0 Å². The quantitative estimate of drug-likeness (QED) is 0.660. The van der Waals surface area contributed by atoms with Gasteiger partial charge >= 0.3 is 0 Å². The lowest BCUT2D eigenvalue weighted by Crippen LogP contribution is -2.40. The Bertz CT molecular complexity index is 428. The van der Waals surface area contributed by atoms with Crippen LogP contribution >= 0.6 is 11.8 Å². The van der Waals surface area contributed by atoms with Crippen molar-refractivity contribution in [2.45, 2.75) is 49.1 Å². The highest BCUT2D eigenvalue weighted by molar-refractivity contribution is 8.00. The summed E-state index contributed by atoms with van der Waals surface area (Å²) in [6.45, 7) is 4.30. The Balaban J connectivity index is 1.69. The Morgan fingerprint density at radius 3 is 1.88 bits per heavy atom. The van der Waals surface area contributed by atoms with Crippen molar-refractivity contribution in [1.82, 2.24) is 0 Å². The van der Waals surface area contributed by atoms with E-state index in [0.29, 0.717) is 28.1 Å². The van der Waals surface area contributed by atoms with Gasteiger partial charge in [-0.1, -0.05) is 11.8 Å². The maximum atomic E-state index is 6.30. The summed E-state index contributed by atoms with van der Waals surface area (Å²) < 4.78 is 18.8. The average molecular weight is 252 g/mol. The third-order valence-corrected chi connectivity index (χ3v) is 7.80. The van der Waals surface area contributed by atoms with Gasteiger partial charge in [0.05, 0.1) is 0 Å². The first-order chi connectivity index (χ1) is 8.08. The van der Waals surface area contributed by atoms with Crippen LogP contribution in [0.15, 0.2) is 0 Å². The van der Waals surface area contributed by atoms with Crippen molar-refractivity contribution in [2.24, 2.45) is 29.1 Å². The summed E-state index contributed by atoms with van der Waals surface area (Å²) in [6, 6.07) is 0. The predicted molar refractivity (Wildman–Crippen MR) is 60.9 cm³/mol. The summed E-state index contributed by atoms with van der Waals surface area (Å²) in [5.74, 6) is 1.94. The minimum atomic E-state index is -0.364. The summed E-state index contributed by atoms with van der Waals surface area (Å²) in [4.78, 5) is 0. The summed E-state index contributed by atoms with van der Waals surface area (Å²) in [6.07, 6.45) is 2.81. The van der Waals surface area contributed by atoms with Gasteiger partial charge < -0.3 is 14.2 Å². The SMILES string of the molecule is CC12OC3SC4OC(C)(O1)C1C2C3C2(CC2)C41. The van der Waals surface area contributed by atoms with Crippen LogP contribution in [0.5, 0.6) is 0 Å². The standard InChI is InChI=1S/C13H16O3S/c1-11-5-6-8-10(15-12(6,2)16-11)17-9(14-11)7(5)13(8)3-4-13/h5-10H,3-4H2,1-2H3. The number of ether oxygens (including phenoxy) is 3. The van der Waals surface area contributed by atoms with E-state index in [4.69, 9.17) is 14.2 Å². The average Bonchev–Trinajstić information content (AvgIpc) is 2.62. The van der Waals surface area contributed by atoms with Crippen LogP contribution in [-0.2, 0) is 14.2 Å². The van der Waals surface area contributed by atoms with E-state index in [0.717, 1.165) is 11.8 Å². The lowest BCUT2D eigenvalue weighted by Gasteiger charge is -2.39. The summed E-state index contributed by atoms with van der Waals surface area (Å²) in [5, 5.41) is 0. The molecular weight excluding hydrogens is 236 g/mol. The van der Waals surface area contributed by atoms with Crippen LogP contribution in [0, 0.1) is 29.1 Å². The van der Waals surface area contributed by atoms with E-state index in [1.54, 1.807) is 0 Å². The molecule has 3 nitrogen and oxygen atoms in total. The maximum absolute atomic E-state index is 6.30. The molecule has 0 aromatic heterocycles. The normalized spacial score (nSPS) is 75.2. The second-order valence-electron chi connectivity index (χ2n) is 7.08. The molecule has 0 amide bonds. The van der Waals surface area contributed by atoms with Gasteiger partial charge in [-0.05, 0) is 32.1 Å². The van der Waals surface area contributed by atoms with E-state index in [1.165, 1.54) is 12.8 Å². The molecule has 6 rings (SSSR count). The van der Waals surface area contributed by atoms with E-state index in [-0.39, 0.29) is 11.6 Å². The van der Waals surface area contributed by atoms with Crippen molar-refractivity contribution >= 4 is 11.8 Å². The van der Waals surface area contributed by atoms with E-state index in [1.807, 2.05) is 11.8 Å². The molecule has 6 aliphatic rings. The molecule has 92 valence electrons. The molecule has 0 N–H and O–H groups in total. The Kier molecular flexibility index (Phi) is 1.14. The Hall–Kier alpha value is 0.230. The van der Waals surface area contributed by atoms with Gasteiger partial charge in [0.15, 0.2) is 11.6 Å². The van der Waals surface area contributed by atoms with Gasteiger partial charge in [-0.2, -0.15) is 0 Å². The van der Waals surface area contributed by atoms with Crippen molar-refractivity contribution in [2.75, 3.05) is 0 Å². The first kappa shape index (κ1) is 9.18. The third-order valence-electron chi connectivity index (χ3n) is 6.49. The molecule has 4 heteroatoms. The largest absolute Gasteiger partial charge is 0.335 e. The highest BCUT2D eigenvalue weighted by Gasteiger charge is 2.87. The molecule has 8 atom stereocenters. The third kappa shape index (κ3) is 0.686. The van der Waals surface area contributed by atoms with Crippen LogP contribution in [0.25, 0.3) is 0 Å². The molecule has 4 saturated heterocycles. The number of hydrogen-bond donors (Lipinski definition) is 0. The van der Waals surface area contributed by atoms with Crippen molar-refractivity contribution in [3.63, 3.8) is 0 Å². The fourth-order valence-corrected chi connectivity index (χ4v) is 8.07. The lowest BCUT2D eigenvalue weighted by atomic mass is 9.83. The fourth-order valence-electron chi connectivity index (χ4n) is 6.09. The zero-order chi connectivity index (χ0) is 11.2. The highest BCUT2D eigenvalue weighted by atomic mass is 32.2. The predicted octanol–water partition coefficient (Wildman–Crippen LogP) is 2.17. The molecule has 0 radical (unpaired) electrons. The molecule has 2 saturated carbocycles. The van der Waals surface area contributed by atoms with Gasteiger partial charge in [0, 0.05) is 23.7 Å². The molecule has 1 spiro atoms. The number of rotatable bonds is 0. The van der Waals surface area contributed by atoms with Gasteiger partial charge in [0.1, 0.15) is 10.9 Å². The Labute approximate surface area is 105 Å². The van der Waals surface area contributed by atoms with Crippen molar-refractivity contribution in [3.05, 3.63) is 0 Å². The second-order valence-corrected chi connectivity index (χ2v) is 8.28. The zero-order valence-electron chi connectivity index (χ0n) is 10.0. The van der Waals surface area contributed by atoms with Crippen LogP contribution < -0.4 is 0 Å². The van der Waals surface area contributed by atoms with Gasteiger partial charge in [-0.25, -0.2) is 0 Å². The summed E-state index contributed by atoms with van der Waals surface area (Å²) in [7, 11) is 0. The van der Waals surface area contributed by atoms with E-state index >= 15 is 0 Å². The molecule has 17 heavy (non-hydrogen) atoms. The van der Waals surface area contributed by atoms with Gasteiger partial charge in [0.2, 0.25) is 0 Å². The van der Waals surface area contributed by atoms with Gasteiger partial charge in [-0.3, -0.25) is 0 Å². The second kappa shape index (κ2) is 2.11. The Morgan fingerprint density at radius 1 is 0.882 bits per heavy atom. The highest BCUT2D eigenvalue weighted by Crippen LogP contribution is 2.85. The topological polar surface area (TPSA) is 27.7 Å². The first-order valence-electron chi connectivity index (χ1n) is 6.79. The first-order valence-corrected chi connectivity index (χ1v) is 7.73. The van der Waals surface area contributed by atoms with Crippen LogP contribution in [-0.4, -0.2) is 22.4 Å². The molecule has 8 unspecified atom stereocenters. The number of thioether (sulfide) groups is 1. The van der Waals surface area contributed by atoms with Crippen molar-refractivity contribution in [3.8, 4) is 0 Å². The van der Waals surface area contributed by atoms with Crippen LogP contribution in [0.4, 0.5) is 0 Å². The zero-order valence-corrected chi connectivity index (χ0v) is 10.8. The van der Waals surface area contributed by atoms with E-state index in [2.05, 4.69) is 13.8 Å². The smallest absolute Gasteiger partial charge is 0.174 e. The van der Waals surface area contributed by atoms with Crippen LogP contribution in [0.2, 0.25) is 0 Å². The minimum Gasteiger partial charge on any atom is -0.335 e. The monoisotopic (exact) mass is 252 g/mol. The van der Waals surface area contributed by atoms with Crippen molar-refractivity contribution in [1.29, 1.82) is 0 Å².